The molecule has 7 nitrogen and oxygen atoms in total. The molecular weight excluding hydrogens is 348 g/mol. The summed E-state index contributed by atoms with van der Waals surface area (Å²) in [6.45, 7) is 3.05. The molecule has 0 aromatic heterocycles. The smallest absolute Gasteiger partial charge is 0.341 e. The second kappa shape index (κ2) is 9.49. The molecule has 142 valence electrons. The number of benzene rings is 2. The number of hydrogen-bond acceptors (Lipinski definition) is 6. The summed E-state index contributed by atoms with van der Waals surface area (Å²) in [6.07, 6.45) is -1.07. The van der Waals surface area contributed by atoms with Crippen LogP contribution in [-0.2, 0) is 9.53 Å². The van der Waals surface area contributed by atoms with E-state index in [1.54, 1.807) is 48.5 Å². The lowest BCUT2D eigenvalue weighted by atomic mass is 10.1. The van der Waals surface area contributed by atoms with E-state index < -0.39 is 18.0 Å². The maximum absolute atomic E-state index is 12.4. The number of para-hydroxylation sites is 2. The molecule has 2 rings (SSSR count). The van der Waals surface area contributed by atoms with Crippen molar-refractivity contribution in [2.24, 2.45) is 0 Å². The van der Waals surface area contributed by atoms with Crippen molar-refractivity contribution in [3.05, 3.63) is 59.7 Å². The molecule has 0 spiro atoms. The van der Waals surface area contributed by atoms with E-state index in [1.807, 2.05) is 0 Å². The van der Waals surface area contributed by atoms with Gasteiger partial charge in [0.1, 0.15) is 0 Å². The molecule has 0 bridgehead atoms. The first-order chi connectivity index (χ1) is 12.9. The van der Waals surface area contributed by atoms with Crippen molar-refractivity contribution in [3.8, 4) is 0 Å². The molecule has 1 atom stereocenters. The number of amides is 1. The summed E-state index contributed by atoms with van der Waals surface area (Å²) in [5.41, 5.74) is 1.51. The molecule has 0 aliphatic carbocycles. The SMILES string of the molecule is CC(=O)c1ccccc1NC(=O)[C@H](C)OC(=O)c1ccccc1NCCO. The molecule has 0 unspecified atom stereocenters. The molecule has 2 aromatic rings. The van der Waals surface area contributed by atoms with E-state index in [0.717, 1.165) is 0 Å². The van der Waals surface area contributed by atoms with E-state index in [2.05, 4.69) is 10.6 Å². The lowest BCUT2D eigenvalue weighted by Gasteiger charge is -2.16. The number of carbonyl (C=O) groups is 3. The van der Waals surface area contributed by atoms with Crippen LogP contribution in [0.2, 0.25) is 0 Å². The third kappa shape index (κ3) is 5.39. The Morgan fingerprint density at radius 2 is 1.59 bits per heavy atom. The molecule has 1 amide bonds. The number of hydrogen-bond donors (Lipinski definition) is 3. The van der Waals surface area contributed by atoms with Gasteiger partial charge in [0, 0.05) is 17.8 Å². The fourth-order valence-corrected chi connectivity index (χ4v) is 2.42. The van der Waals surface area contributed by atoms with E-state index in [4.69, 9.17) is 9.84 Å². The minimum Gasteiger partial charge on any atom is -0.449 e. The van der Waals surface area contributed by atoms with Gasteiger partial charge in [-0.3, -0.25) is 9.59 Å². The highest BCUT2D eigenvalue weighted by atomic mass is 16.5. The molecule has 0 saturated carbocycles. The van der Waals surface area contributed by atoms with Crippen molar-refractivity contribution in [2.75, 3.05) is 23.8 Å². The molecule has 7 heteroatoms. The van der Waals surface area contributed by atoms with E-state index in [1.165, 1.54) is 13.8 Å². The number of ether oxygens (including phenoxy) is 1. The van der Waals surface area contributed by atoms with Crippen molar-refractivity contribution in [1.29, 1.82) is 0 Å². The Kier molecular flexibility index (Phi) is 7.08. The number of aliphatic hydroxyl groups is 1. The number of anilines is 2. The van der Waals surface area contributed by atoms with E-state index >= 15 is 0 Å². The van der Waals surface area contributed by atoms with Crippen LogP contribution in [0.25, 0.3) is 0 Å². The fourth-order valence-electron chi connectivity index (χ4n) is 2.42. The predicted molar refractivity (Wildman–Crippen MR) is 102 cm³/mol. The van der Waals surface area contributed by atoms with Crippen LogP contribution in [-0.4, -0.2) is 42.0 Å². The predicted octanol–water partition coefficient (Wildman–Crippen LogP) is 2.48. The van der Waals surface area contributed by atoms with Gasteiger partial charge in [-0.15, -0.1) is 0 Å². The first kappa shape index (κ1) is 20.1. The van der Waals surface area contributed by atoms with Gasteiger partial charge in [0.2, 0.25) is 0 Å². The Balaban J connectivity index is 2.07. The van der Waals surface area contributed by atoms with E-state index in [-0.39, 0.29) is 24.5 Å². The highest BCUT2D eigenvalue weighted by Gasteiger charge is 2.21. The van der Waals surface area contributed by atoms with Crippen molar-refractivity contribution < 1.29 is 24.2 Å². The molecule has 0 aliphatic heterocycles. The van der Waals surface area contributed by atoms with Gasteiger partial charge < -0.3 is 20.5 Å². The van der Waals surface area contributed by atoms with Crippen LogP contribution in [0.4, 0.5) is 11.4 Å². The second-order valence-corrected chi connectivity index (χ2v) is 5.83. The van der Waals surface area contributed by atoms with Crippen LogP contribution in [0.15, 0.2) is 48.5 Å². The molecule has 0 fully saturated rings. The number of rotatable bonds is 8. The van der Waals surface area contributed by atoms with Gasteiger partial charge in [0.05, 0.1) is 17.9 Å². The molecule has 0 aliphatic rings. The zero-order valence-corrected chi connectivity index (χ0v) is 15.2. The minimum absolute atomic E-state index is 0.0856. The number of aliphatic hydroxyl groups excluding tert-OH is 1. The second-order valence-electron chi connectivity index (χ2n) is 5.83. The highest BCUT2D eigenvalue weighted by molar-refractivity contribution is 6.05. The molecule has 27 heavy (non-hydrogen) atoms. The summed E-state index contributed by atoms with van der Waals surface area (Å²) in [6, 6.07) is 13.3. The van der Waals surface area contributed by atoms with E-state index in [0.29, 0.717) is 16.9 Å². The van der Waals surface area contributed by atoms with Gasteiger partial charge in [-0.25, -0.2) is 4.79 Å². The van der Waals surface area contributed by atoms with Crippen molar-refractivity contribution in [3.63, 3.8) is 0 Å². The van der Waals surface area contributed by atoms with Gasteiger partial charge in [-0.05, 0) is 38.1 Å². The molecule has 0 radical (unpaired) electrons. The average Bonchev–Trinajstić information content (AvgIpc) is 2.66. The van der Waals surface area contributed by atoms with Gasteiger partial charge in [0.15, 0.2) is 11.9 Å². The average molecular weight is 370 g/mol. The zero-order valence-electron chi connectivity index (χ0n) is 15.2. The summed E-state index contributed by atoms with van der Waals surface area (Å²) in [4.78, 5) is 36.4. The number of nitrogens with one attached hydrogen (secondary N) is 2. The van der Waals surface area contributed by atoms with E-state index in [9.17, 15) is 14.4 Å². The summed E-state index contributed by atoms with van der Waals surface area (Å²) < 4.78 is 5.25. The van der Waals surface area contributed by atoms with Gasteiger partial charge in [0.25, 0.3) is 5.91 Å². The Morgan fingerprint density at radius 1 is 1.00 bits per heavy atom. The molecule has 0 heterocycles. The number of esters is 1. The minimum atomic E-state index is -1.07. The van der Waals surface area contributed by atoms with Crippen LogP contribution in [0.3, 0.4) is 0 Å². The van der Waals surface area contributed by atoms with Crippen LogP contribution in [0.5, 0.6) is 0 Å². The normalized spacial score (nSPS) is 11.4. The van der Waals surface area contributed by atoms with Crippen LogP contribution in [0.1, 0.15) is 34.6 Å². The molecule has 0 saturated heterocycles. The summed E-state index contributed by atoms with van der Waals surface area (Å²) in [5, 5.41) is 14.5. The molecule has 3 N–H and O–H groups in total. The molecule has 2 aromatic carbocycles. The summed E-state index contributed by atoms with van der Waals surface area (Å²) in [5.74, 6) is -1.39. The first-order valence-corrected chi connectivity index (χ1v) is 8.49. The van der Waals surface area contributed by atoms with Crippen LogP contribution in [0, 0.1) is 0 Å². The monoisotopic (exact) mass is 370 g/mol. The highest BCUT2D eigenvalue weighted by Crippen LogP contribution is 2.18. The number of carbonyl (C=O) groups excluding carboxylic acids is 3. The van der Waals surface area contributed by atoms with Gasteiger partial charge >= 0.3 is 5.97 Å². The maximum Gasteiger partial charge on any atom is 0.341 e. The lowest BCUT2D eigenvalue weighted by Crippen LogP contribution is -2.30. The Labute approximate surface area is 157 Å². The lowest BCUT2D eigenvalue weighted by molar-refractivity contribution is -0.123. The molecular formula is C20H22N2O5. The summed E-state index contributed by atoms with van der Waals surface area (Å²) >= 11 is 0. The van der Waals surface area contributed by atoms with Crippen LogP contribution < -0.4 is 10.6 Å². The Morgan fingerprint density at radius 3 is 2.22 bits per heavy atom. The Bertz CT molecular complexity index is 835. The maximum atomic E-state index is 12.4. The fraction of sp³-hybridized carbons (Fsp3) is 0.250. The zero-order chi connectivity index (χ0) is 19.8. The van der Waals surface area contributed by atoms with Crippen molar-refractivity contribution >= 4 is 29.0 Å². The number of ketones is 1. The largest absolute Gasteiger partial charge is 0.449 e. The summed E-state index contributed by atoms with van der Waals surface area (Å²) in [7, 11) is 0. The number of Topliss-reactive ketones (excluding diaryl/α,β-unsaturated/α-hetero) is 1. The third-order valence-corrected chi connectivity index (χ3v) is 3.79. The standard InChI is InChI=1S/C20H22N2O5/c1-13(24)15-7-3-6-10-18(15)22-19(25)14(2)27-20(26)16-8-4-5-9-17(16)21-11-12-23/h3-10,14,21,23H,11-12H2,1-2H3,(H,22,25)/t14-/m0/s1. The topological polar surface area (TPSA) is 105 Å². The Hall–Kier alpha value is -3.19. The van der Waals surface area contributed by atoms with Gasteiger partial charge in [-0.2, -0.15) is 0 Å². The third-order valence-electron chi connectivity index (χ3n) is 3.79. The van der Waals surface area contributed by atoms with Crippen molar-refractivity contribution in [2.45, 2.75) is 20.0 Å². The van der Waals surface area contributed by atoms with Crippen LogP contribution >= 0.6 is 0 Å². The van der Waals surface area contributed by atoms with Crippen molar-refractivity contribution in [1.82, 2.24) is 0 Å². The van der Waals surface area contributed by atoms with Gasteiger partial charge in [-0.1, -0.05) is 24.3 Å². The quantitative estimate of drug-likeness (QED) is 0.487. The first-order valence-electron chi connectivity index (χ1n) is 8.49.